The lowest BCUT2D eigenvalue weighted by molar-refractivity contribution is -0.121. The van der Waals surface area contributed by atoms with E-state index in [2.05, 4.69) is 30.0 Å². The van der Waals surface area contributed by atoms with Crippen LogP contribution < -0.4 is 16.2 Å². The number of ketones is 1. The number of hydrazine groups is 1. The summed E-state index contributed by atoms with van der Waals surface area (Å²) in [4.78, 5) is 24.5. The van der Waals surface area contributed by atoms with E-state index in [1.807, 2.05) is 42.5 Å². The topological polar surface area (TPSA) is 70.2 Å². The van der Waals surface area contributed by atoms with E-state index in [0.717, 1.165) is 17.2 Å². The highest BCUT2D eigenvalue weighted by atomic mass is 32.1. The molecule has 1 fully saturated rings. The second-order valence-corrected chi connectivity index (χ2v) is 8.41. The van der Waals surface area contributed by atoms with Crippen molar-refractivity contribution in [1.82, 2.24) is 16.2 Å². The maximum Gasteiger partial charge on any atom is 0.238 e. The van der Waals surface area contributed by atoms with Crippen LogP contribution in [0.2, 0.25) is 0 Å². The van der Waals surface area contributed by atoms with Crippen LogP contribution in [0.1, 0.15) is 56.3 Å². The number of rotatable bonds is 5. The van der Waals surface area contributed by atoms with Gasteiger partial charge in [0.1, 0.15) is 0 Å². The highest BCUT2D eigenvalue weighted by Gasteiger charge is 2.27. The van der Waals surface area contributed by atoms with Crippen molar-refractivity contribution in [2.24, 2.45) is 11.8 Å². The Bertz CT molecular complexity index is 899. The van der Waals surface area contributed by atoms with E-state index in [0.29, 0.717) is 28.6 Å². The molecule has 0 saturated heterocycles. The number of amides is 1. The lowest BCUT2D eigenvalue weighted by Crippen LogP contribution is -2.52. The molecule has 2 aromatic carbocycles. The van der Waals surface area contributed by atoms with E-state index >= 15 is 0 Å². The first kappa shape index (κ1) is 21.2. The fraction of sp³-hybridized carbons (Fsp3) is 0.435. The van der Waals surface area contributed by atoms with Crippen LogP contribution in [0.25, 0.3) is 10.8 Å². The maximum atomic E-state index is 12.4. The molecule has 0 aromatic heterocycles. The summed E-state index contributed by atoms with van der Waals surface area (Å²) in [5, 5.41) is 5.83. The zero-order chi connectivity index (χ0) is 20.8. The Morgan fingerprint density at radius 3 is 2.55 bits per heavy atom. The SMILES string of the molecule is C[C@H]1[C@@H](NC(=S)NNC(=O)CCC(=O)c2ccc3ccccc3c2)CCC[C@@H]1C. The van der Waals surface area contributed by atoms with E-state index in [1.165, 1.54) is 12.8 Å². The minimum atomic E-state index is -0.256. The van der Waals surface area contributed by atoms with Crippen LogP contribution in [0.15, 0.2) is 42.5 Å². The molecule has 0 unspecified atom stereocenters. The predicted octanol–water partition coefficient (Wildman–Crippen LogP) is 4.12. The van der Waals surface area contributed by atoms with Crippen LogP contribution in [0, 0.1) is 11.8 Å². The molecule has 154 valence electrons. The third kappa shape index (κ3) is 5.76. The van der Waals surface area contributed by atoms with Gasteiger partial charge in [-0.15, -0.1) is 0 Å². The summed E-state index contributed by atoms with van der Waals surface area (Å²) in [5.74, 6) is 0.906. The number of hydrogen-bond acceptors (Lipinski definition) is 3. The normalized spacial score (nSPS) is 21.4. The highest BCUT2D eigenvalue weighted by molar-refractivity contribution is 7.80. The molecule has 1 aliphatic carbocycles. The van der Waals surface area contributed by atoms with Gasteiger partial charge in [-0.05, 0) is 47.3 Å². The first-order chi connectivity index (χ1) is 13.9. The third-order valence-electron chi connectivity index (χ3n) is 5.99. The first-order valence-corrected chi connectivity index (χ1v) is 10.7. The van der Waals surface area contributed by atoms with Crippen molar-refractivity contribution in [2.45, 2.75) is 52.0 Å². The van der Waals surface area contributed by atoms with Gasteiger partial charge in [-0.1, -0.05) is 63.1 Å². The van der Waals surface area contributed by atoms with Gasteiger partial charge in [-0.3, -0.25) is 20.4 Å². The predicted molar refractivity (Wildman–Crippen MR) is 120 cm³/mol. The summed E-state index contributed by atoms with van der Waals surface area (Å²) >= 11 is 5.30. The van der Waals surface area contributed by atoms with Gasteiger partial charge < -0.3 is 5.32 Å². The molecule has 0 spiro atoms. The molecular weight excluding hydrogens is 382 g/mol. The molecule has 0 heterocycles. The minimum absolute atomic E-state index is 0.0448. The summed E-state index contributed by atoms with van der Waals surface area (Å²) < 4.78 is 0. The van der Waals surface area contributed by atoms with Crippen molar-refractivity contribution >= 4 is 39.8 Å². The summed E-state index contributed by atoms with van der Waals surface area (Å²) in [6.07, 6.45) is 3.79. The van der Waals surface area contributed by atoms with Crippen LogP contribution in [-0.4, -0.2) is 22.8 Å². The fourth-order valence-corrected chi connectivity index (χ4v) is 4.12. The summed E-state index contributed by atoms with van der Waals surface area (Å²) in [7, 11) is 0. The van der Waals surface area contributed by atoms with Gasteiger partial charge in [-0.25, -0.2) is 0 Å². The quantitative estimate of drug-likeness (QED) is 0.392. The number of carbonyl (C=O) groups excluding carboxylic acids is 2. The number of fused-ring (bicyclic) bond motifs is 1. The van der Waals surface area contributed by atoms with Gasteiger partial charge in [0.25, 0.3) is 0 Å². The standard InChI is InChI=1S/C23H29N3O2S/c1-15-6-5-9-20(16(15)2)24-23(29)26-25-22(28)13-12-21(27)19-11-10-17-7-3-4-8-18(17)14-19/h3-4,7-8,10-11,14-16,20H,5-6,9,12-13H2,1-2H3,(H,25,28)(H2,24,26,29)/t15-,16+,20-/m0/s1. The summed E-state index contributed by atoms with van der Waals surface area (Å²) in [6, 6.07) is 13.8. The Hall–Kier alpha value is -2.47. The molecule has 5 nitrogen and oxygen atoms in total. The van der Waals surface area contributed by atoms with Gasteiger partial charge in [0.15, 0.2) is 10.9 Å². The van der Waals surface area contributed by atoms with E-state index in [4.69, 9.17) is 12.2 Å². The second-order valence-electron chi connectivity index (χ2n) is 8.01. The van der Waals surface area contributed by atoms with Crippen molar-refractivity contribution in [3.05, 3.63) is 48.0 Å². The first-order valence-electron chi connectivity index (χ1n) is 10.3. The number of Topliss-reactive ketones (excluding diaryl/α,β-unsaturated/α-hetero) is 1. The van der Waals surface area contributed by atoms with Crippen LogP contribution in [0.5, 0.6) is 0 Å². The molecular formula is C23H29N3O2S. The zero-order valence-corrected chi connectivity index (χ0v) is 17.9. The van der Waals surface area contributed by atoms with Crippen molar-refractivity contribution in [2.75, 3.05) is 0 Å². The van der Waals surface area contributed by atoms with Gasteiger partial charge in [0.05, 0.1) is 0 Å². The molecule has 2 aromatic rings. The van der Waals surface area contributed by atoms with E-state index in [9.17, 15) is 9.59 Å². The molecule has 3 atom stereocenters. The molecule has 6 heteroatoms. The van der Waals surface area contributed by atoms with Crippen molar-refractivity contribution < 1.29 is 9.59 Å². The zero-order valence-electron chi connectivity index (χ0n) is 17.0. The number of nitrogens with one attached hydrogen (secondary N) is 3. The smallest absolute Gasteiger partial charge is 0.238 e. The second kappa shape index (κ2) is 9.83. The number of carbonyl (C=O) groups is 2. The Kier molecular flexibility index (Phi) is 7.20. The Morgan fingerprint density at radius 2 is 1.76 bits per heavy atom. The number of thiocarbonyl (C=S) groups is 1. The molecule has 3 N–H and O–H groups in total. The van der Waals surface area contributed by atoms with Gasteiger partial charge in [0, 0.05) is 24.4 Å². The molecule has 0 radical (unpaired) electrons. The largest absolute Gasteiger partial charge is 0.358 e. The molecule has 3 rings (SSSR count). The lowest BCUT2D eigenvalue weighted by Gasteiger charge is -2.35. The molecule has 1 aliphatic rings. The van der Waals surface area contributed by atoms with Crippen molar-refractivity contribution in [3.8, 4) is 0 Å². The number of hydrogen-bond donors (Lipinski definition) is 3. The fourth-order valence-electron chi connectivity index (χ4n) is 3.91. The lowest BCUT2D eigenvalue weighted by atomic mass is 9.78. The van der Waals surface area contributed by atoms with Crippen LogP contribution in [0.4, 0.5) is 0 Å². The minimum Gasteiger partial charge on any atom is -0.358 e. The average molecular weight is 412 g/mol. The molecule has 29 heavy (non-hydrogen) atoms. The number of benzene rings is 2. The highest BCUT2D eigenvalue weighted by Crippen LogP contribution is 2.29. The average Bonchev–Trinajstić information content (AvgIpc) is 2.73. The monoisotopic (exact) mass is 411 g/mol. The van der Waals surface area contributed by atoms with Crippen LogP contribution in [0.3, 0.4) is 0 Å². The summed E-state index contributed by atoms with van der Waals surface area (Å²) in [6.45, 7) is 4.50. The van der Waals surface area contributed by atoms with Gasteiger partial charge in [-0.2, -0.15) is 0 Å². The Balaban J connectivity index is 1.42. The molecule has 0 aliphatic heterocycles. The van der Waals surface area contributed by atoms with Gasteiger partial charge >= 0.3 is 0 Å². The van der Waals surface area contributed by atoms with Crippen molar-refractivity contribution in [1.29, 1.82) is 0 Å². The molecule has 1 saturated carbocycles. The maximum absolute atomic E-state index is 12.4. The van der Waals surface area contributed by atoms with E-state index in [1.54, 1.807) is 0 Å². The Labute approximate surface area is 177 Å². The third-order valence-corrected chi connectivity index (χ3v) is 6.21. The molecule has 0 bridgehead atoms. The van der Waals surface area contributed by atoms with Crippen LogP contribution >= 0.6 is 12.2 Å². The van der Waals surface area contributed by atoms with Crippen molar-refractivity contribution in [3.63, 3.8) is 0 Å². The van der Waals surface area contributed by atoms with E-state index < -0.39 is 0 Å². The van der Waals surface area contributed by atoms with Gasteiger partial charge in [0.2, 0.25) is 5.91 Å². The molecule has 1 amide bonds. The van der Waals surface area contributed by atoms with Crippen LogP contribution in [-0.2, 0) is 4.79 Å². The Morgan fingerprint density at radius 1 is 1.00 bits per heavy atom. The summed E-state index contributed by atoms with van der Waals surface area (Å²) in [5.41, 5.74) is 5.98. The van der Waals surface area contributed by atoms with E-state index in [-0.39, 0.29) is 24.5 Å².